The van der Waals surface area contributed by atoms with Gasteiger partial charge in [0.25, 0.3) is 15.9 Å². The molecular formula is C16H16ClNO4S. The third kappa shape index (κ3) is 5.06. The molecule has 0 radical (unpaired) electrons. The predicted octanol–water partition coefficient (Wildman–Crippen LogP) is 2.75. The molecule has 2 rings (SSSR count). The molecule has 0 aliphatic carbocycles. The number of halogens is 1. The van der Waals surface area contributed by atoms with E-state index in [4.69, 9.17) is 16.3 Å². The Balaban J connectivity index is 1.97. The van der Waals surface area contributed by atoms with Crippen LogP contribution in [0.4, 0.5) is 0 Å². The normalized spacial score (nSPS) is 12.6. The first-order valence-corrected chi connectivity index (χ1v) is 8.72. The molecule has 0 fully saturated rings. The van der Waals surface area contributed by atoms with Crippen LogP contribution in [-0.4, -0.2) is 20.4 Å². The lowest BCUT2D eigenvalue weighted by atomic mass is 10.2. The van der Waals surface area contributed by atoms with Gasteiger partial charge in [-0.05, 0) is 30.7 Å². The largest absolute Gasteiger partial charge is 0.364 e. The average Bonchev–Trinajstić information content (AvgIpc) is 2.53. The number of sulfonamides is 1. The first-order chi connectivity index (χ1) is 10.9. The molecule has 0 aliphatic heterocycles. The van der Waals surface area contributed by atoms with E-state index in [1.165, 1.54) is 25.1 Å². The van der Waals surface area contributed by atoms with Gasteiger partial charge in [-0.25, -0.2) is 13.1 Å². The summed E-state index contributed by atoms with van der Waals surface area (Å²) in [5, 5.41) is 0.272. The van der Waals surface area contributed by atoms with Gasteiger partial charge < -0.3 is 4.74 Å². The van der Waals surface area contributed by atoms with Crippen molar-refractivity contribution in [2.45, 2.75) is 24.5 Å². The molecule has 0 aromatic heterocycles. The number of carbonyl (C=O) groups is 1. The number of benzene rings is 2. The Bertz CT molecular complexity index is 778. The minimum Gasteiger partial charge on any atom is -0.364 e. The molecule has 0 spiro atoms. The molecule has 1 amide bonds. The summed E-state index contributed by atoms with van der Waals surface area (Å²) in [6.45, 7) is 1.71. The van der Waals surface area contributed by atoms with E-state index in [0.29, 0.717) is 0 Å². The van der Waals surface area contributed by atoms with Crippen molar-refractivity contribution < 1.29 is 17.9 Å². The summed E-state index contributed by atoms with van der Waals surface area (Å²) in [5.41, 5.74) is 0.893. The molecule has 2 aromatic rings. The maximum atomic E-state index is 12.1. The fraction of sp³-hybridized carbons (Fsp3) is 0.188. The Kier molecular flexibility index (Phi) is 5.76. The number of amides is 1. The Hall–Kier alpha value is -1.89. The van der Waals surface area contributed by atoms with Gasteiger partial charge in [-0.15, -0.1) is 0 Å². The minimum absolute atomic E-state index is 0.0754. The van der Waals surface area contributed by atoms with Crippen LogP contribution in [0, 0.1) is 0 Å². The fourth-order valence-corrected chi connectivity index (χ4v) is 3.12. The van der Waals surface area contributed by atoms with Crippen LogP contribution in [0.1, 0.15) is 12.5 Å². The van der Waals surface area contributed by atoms with Gasteiger partial charge in [0.15, 0.2) is 0 Å². The van der Waals surface area contributed by atoms with Crippen molar-refractivity contribution >= 4 is 27.5 Å². The minimum atomic E-state index is -3.97. The molecule has 23 heavy (non-hydrogen) atoms. The van der Waals surface area contributed by atoms with Crippen LogP contribution >= 0.6 is 11.6 Å². The molecule has 0 saturated carbocycles. The Labute approximate surface area is 140 Å². The molecule has 0 saturated heterocycles. The predicted molar refractivity (Wildman–Crippen MR) is 87.5 cm³/mol. The fourth-order valence-electron chi connectivity index (χ4n) is 1.78. The average molecular weight is 354 g/mol. The van der Waals surface area contributed by atoms with Gasteiger partial charge in [0.1, 0.15) is 6.10 Å². The van der Waals surface area contributed by atoms with Crippen LogP contribution in [0.15, 0.2) is 59.5 Å². The van der Waals surface area contributed by atoms with E-state index in [1.807, 2.05) is 35.1 Å². The third-order valence-corrected chi connectivity index (χ3v) is 4.63. The van der Waals surface area contributed by atoms with Gasteiger partial charge in [-0.3, -0.25) is 4.79 Å². The molecule has 2 aromatic carbocycles. The van der Waals surface area contributed by atoms with Crippen molar-refractivity contribution in [2.75, 3.05) is 0 Å². The SMILES string of the molecule is CC(OCc1ccccc1)C(=O)NS(=O)(=O)c1cccc(Cl)c1. The lowest BCUT2D eigenvalue weighted by molar-refractivity contribution is -0.130. The number of nitrogens with one attached hydrogen (secondary N) is 1. The first kappa shape index (κ1) is 17.5. The van der Waals surface area contributed by atoms with Gasteiger partial charge >= 0.3 is 0 Å². The quantitative estimate of drug-likeness (QED) is 0.866. The zero-order valence-electron chi connectivity index (χ0n) is 12.4. The standard InChI is InChI=1S/C16H16ClNO4S/c1-12(22-11-13-6-3-2-4-7-13)16(19)18-23(20,21)15-9-5-8-14(17)10-15/h2-10,12H,11H2,1H3,(H,18,19). The van der Waals surface area contributed by atoms with Crippen molar-refractivity contribution in [1.82, 2.24) is 4.72 Å². The molecule has 0 aliphatic rings. The monoisotopic (exact) mass is 353 g/mol. The van der Waals surface area contributed by atoms with Crippen molar-refractivity contribution in [3.63, 3.8) is 0 Å². The van der Waals surface area contributed by atoms with Crippen molar-refractivity contribution in [2.24, 2.45) is 0 Å². The third-order valence-electron chi connectivity index (χ3n) is 3.05. The molecule has 7 heteroatoms. The summed E-state index contributed by atoms with van der Waals surface area (Å²) in [7, 11) is -3.97. The molecule has 0 bridgehead atoms. The molecule has 5 nitrogen and oxygen atoms in total. The summed E-state index contributed by atoms with van der Waals surface area (Å²) >= 11 is 5.77. The first-order valence-electron chi connectivity index (χ1n) is 6.86. The summed E-state index contributed by atoms with van der Waals surface area (Å²) in [5.74, 6) is -0.735. The topological polar surface area (TPSA) is 72.5 Å². The maximum absolute atomic E-state index is 12.1. The lowest BCUT2D eigenvalue weighted by Crippen LogP contribution is -2.38. The second-order valence-corrected chi connectivity index (χ2v) is 6.98. The Morgan fingerprint density at radius 3 is 2.52 bits per heavy atom. The van der Waals surface area contributed by atoms with Crippen molar-refractivity contribution in [3.05, 3.63) is 65.2 Å². The molecule has 1 unspecified atom stereocenters. The number of carbonyl (C=O) groups excluding carboxylic acids is 1. The van der Waals surface area contributed by atoms with E-state index in [9.17, 15) is 13.2 Å². The summed E-state index contributed by atoms with van der Waals surface area (Å²) in [6, 6.07) is 15.0. The highest BCUT2D eigenvalue weighted by Crippen LogP contribution is 2.15. The highest BCUT2D eigenvalue weighted by Gasteiger charge is 2.22. The van der Waals surface area contributed by atoms with Crippen LogP contribution in [0.3, 0.4) is 0 Å². The molecule has 1 N–H and O–H groups in total. The van der Waals surface area contributed by atoms with Gasteiger partial charge in [0, 0.05) is 5.02 Å². The maximum Gasteiger partial charge on any atom is 0.264 e. The van der Waals surface area contributed by atoms with Crippen LogP contribution in [-0.2, 0) is 26.2 Å². The van der Waals surface area contributed by atoms with Crippen LogP contribution in [0.2, 0.25) is 5.02 Å². The van der Waals surface area contributed by atoms with E-state index < -0.39 is 22.0 Å². The van der Waals surface area contributed by atoms with E-state index in [0.717, 1.165) is 5.56 Å². The second kappa shape index (κ2) is 7.59. The number of rotatable bonds is 6. The molecule has 1 atom stereocenters. The van der Waals surface area contributed by atoms with Crippen molar-refractivity contribution in [1.29, 1.82) is 0 Å². The Morgan fingerprint density at radius 1 is 1.17 bits per heavy atom. The second-order valence-electron chi connectivity index (χ2n) is 4.87. The zero-order valence-corrected chi connectivity index (χ0v) is 14.0. The van der Waals surface area contributed by atoms with Crippen LogP contribution < -0.4 is 4.72 Å². The molecule has 122 valence electrons. The summed E-state index contributed by atoms with van der Waals surface area (Å²) < 4.78 is 31.6. The number of hydrogen-bond donors (Lipinski definition) is 1. The van der Waals surface area contributed by atoms with Crippen molar-refractivity contribution in [3.8, 4) is 0 Å². The number of hydrogen-bond acceptors (Lipinski definition) is 4. The molecule has 0 heterocycles. The van der Waals surface area contributed by atoms with Gasteiger partial charge in [-0.1, -0.05) is 48.0 Å². The van der Waals surface area contributed by atoms with E-state index in [2.05, 4.69) is 0 Å². The van der Waals surface area contributed by atoms with Gasteiger partial charge in [0.05, 0.1) is 11.5 Å². The zero-order chi connectivity index (χ0) is 16.9. The van der Waals surface area contributed by atoms with Gasteiger partial charge in [0.2, 0.25) is 0 Å². The number of ether oxygens (including phenoxy) is 1. The van der Waals surface area contributed by atoms with Crippen LogP contribution in [0.5, 0.6) is 0 Å². The van der Waals surface area contributed by atoms with Crippen LogP contribution in [0.25, 0.3) is 0 Å². The van der Waals surface area contributed by atoms with Gasteiger partial charge in [-0.2, -0.15) is 0 Å². The highest BCUT2D eigenvalue weighted by atomic mass is 35.5. The highest BCUT2D eigenvalue weighted by molar-refractivity contribution is 7.90. The summed E-state index contributed by atoms with van der Waals surface area (Å²) in [4.78, 5) is 11.9. The molecular weight excluding hydrogens is 338 g/mol. The van der Waals surface area contributed by atoms with E-state index in [-0.39, 0.29) is 16.5 Å². The Morgan fingerprint density at radius 2 is 1.87 bits per heavy atom. The summed E-state index contributed by atoms with van der Waals surface area (Å²) in [6.07, 6.45) is -0.913. The van der Waals surface area contributed by atoms with E-state index >= 15 is 0 Å². The van der Waals surface area contributed by atoms with E-state index in [1.54, 1.807) is 6.07 Å². The lowest BCUT2D eigenvalue weighted by Gasteiger charge is -2.14. The smallest absolute Gasteiger partial charge is 0.264 e.